The Morgan fingerprint density at radius 1 is 1.26 bits per heavy atom. The van der Waals surface area contributed by atoms with Crippen molar-refractivity contribution in [1.82, 2.24) is 10.2 Å². The second-order valence-electron chi connectivity index (χ2n) is 7.08. The Kier molecular flexibility index (Phi) is 10.8. The highest BCUT2D eigenvalue weighted by Gasteiger charge is 2.23. The number of piperidine rings is 1. The van der Waals surface area contributed by atoms with Gasteiger partial charge in [0.15, 0.2) is 17.5 Å². The fourth-order valence-electron chi connectivity index (χ4n) is 3.51. The minimum Gasteiger partial charge on any atom is -0.493 e. The van der Waals surface area contributed by atoms with Gasteiger partial charge in [0.25, 0.3) is 0 Å². The Morgan fingerprint density at radius 3 is 2.56 bits per heavy atom. The van der Waals surface area contributed by atoms with Crippen LogP contribution < -0.4 is 14.8 Å². The summed E-state index contributed by atoms with van der Waals surface area (Å²) in [6.07, 6.45) is 1.28. The number of aliphatic hydroxyl groups is 1. The average molecular weight is 491 g/mol. The molecule has 0 amide bonds. The van der Waals surface area contributed by atoms with Crippen molar-refractivity contribution in [1.29, 1.82) is 0 Å². The normalized spacial score (nSPS) is 20.0. The molecule has 7 heteroatoms. The van der Waals surface area contributed by atoms with Crippen molar-refractivity contribution in [2.45, 2.75) is 33.7 Å². The van der Waals surface area contributed by atoms with Crippen molar-refractivity contribution < 1.29 is 14.6 Å². The monoisotopic (exact) mass is 491 g/mol. The Hall–Kier alpha value is -1.22. The lowest BCUT2D eigenvalue weighted by molar-refractivity contribution is 0.196. The molecule has 2 atom stereocenters. The highest BCUT2D eigenvalue weighted by molar-refractivity contribution is 14.0. The first kappa shape index (κ1) is 23.8. The molecule has 6 nitrogen and oxygen atoms in total. The number of hydrogen-bond donors (Lipinski definition) is 2. The van der Waals surface area contributed by atoms with Crippen LogP contribution in [-0.2, 0) is 6.54 Å². The van der Waals surface area contributed by atoms with Crippen molar-refractivity contribution in [3.8, 4) is 11.5 Å². The van der Waals surface area contributed by atoms with E-state index in [0.717, 1.165) is 31.2 Å². The molecule has 154 valence electrons. The molecule has 0 radical (unpaired) electrons. The van der Waals surface area contributed by atoms with E-state index >= 15 is 0 Å². The fraction of sp³-hybridized carbons (Fsp3) is 0.650. The molecular formula is C20H34IN3O3. The zero-order valence-electron chi connectivity index (χ0n) is 16.9. The number of ether oxygens (including phenoxy) is 2. The zero-order valence-corrected chi connectivity index (χ0v) is 19.2. The number of halogens is 1. The van der Waals surface area contributed by atoms with Gasteiger partial charge < -0.3 is 24.8 Å². The number of rotatable bonds is 7. The fourth-order valence-corrected chi connectivity index (χ4v) is 3.51. The van der Waals surface area contributed by atoms with Gasteiger partial charge in [0.1, 0.15) is 6.61 Å². The SMILES string of the molecule is CCNC(=NCc1ccc(OCCO)c(OC)c1)N1CC(C)CC(C)C1.I. The third-order valence-electron chi connectivity index (χ3n) is 4.49. The van der Waals surface area contributed by atoms with E-state index in [4.69, 9.17) is 19.6 Å². The van der Waals surface area contributed by atoms with Gasteiger partial charge in [-0.25, -0.2) is 4.99 Å². The average Bonchev–Trinajstić information content (AvgIpc) is 2.62. The van der Waals surface area contributed by atoms with E-state index < -0.39 is 0 Å². The van der Waals surface area contributed by atoms with Crippen LogP contribution in [0.25, 0.3) is 0 Å². The Morgan fingerprint density at radius 2 is 1.96 bits per heavy atom. The lowest BCUT2D eigenvalue weighted by atomic mass is 9.92. The first-order valence-corrected chi connectivity index (χ1v) is 9.51. The number of likely N-dealkylation sites (tertiary alicyclic amines) is 1. The second kappa shape index (κ2) is 12.3. The number of hydrogen-bond acceptors (Lipinski definition) is 4. The number of nitrogens with one attached hydrogen (secondary N) is 1. The summed E-state index contributed by atoms with van der Waals surface area (Å²) in [6.45, 7) is 10.5. The van der Waals surface area contributed by atoms with Crippen LogP contribution in [0.2, 0.25) is 0 Å². The van der Waals surface area contributed by atoms with Crippen LogP contribution in [0.15, 0.2) is 23.2 Å². The van der Waals surface area contributed by atoms with E-state index in [2.05, 4.69) is 31.0 Å². The van der Waals surface area contributed by atoms with Gasteiger partial charge in [-0.05, 0) is 42.9 Å². The smallest absolute Gasteiger partial charge is 0.194 e. The lowest BCUT2D eigenvalue weighted by Crippen LogP contribution is -2.48. The van der Waals surface area contributed by atoms with Gasteiger partial charge in [0.05, 0.1) is 20.3 Å². The first-order valence-electron chi connectivity index (χ1n) is 9.51. The minimum absolute atomic E-state index is 0. The summed E-state index contributed by atoms with van der Waals surface area (Å²) in [5.41, 5.74) is 1.06. The molecule has 1 saturated heterocycles. The molecule has 2 rings (SSSR count). The molecule has 0 spiro atoms. The molecular weight excluding hydrogens is 457 g/mol. The molecule has 0 aliphatic carbocycles. The van der Waals surface area contributed by atoms with Crippen molar-refractivity contribution in [2.75, 3.05) is 40.0 Å². The van der Waals surface area contributed by atoms with E-state index in [1.54, 1.807) is 7.11 Å². The first-order chi connectivity index (χ1) is 12.6. The number of guanidine groups is 1. The second-order valence-corrected chi connectivity index (χ2v) is 7.08. The lowest BCUT2D eigenvalue weighted by Gasteiger charge is -2.37. The van der Waals surface area contributed by atoms with Crippen molar-refractivity contribution in [3.63, 3.8) is 0 Å². The summed E-state index contributed by atoms with van der Waals surface area (Å²) < 4.78 is 10.9. The van der Waals surface area contributed by atoms with Crippen LogP contribution in [0.1, 0.15) is 32.8 Å². The van der Waals surface area contributed by atoms with Gasteiger partial charge in [-0.1, -0.05) is 19.9 Å². The highest BCUT2D eigenvalue weighted by atomic mass is 127. The molecule has 1 aliphatic heterocycles. The molecule has 2 unspecified atom stereocenters. The molecule has 2 N–H and O–H groups in total. The molecule has 1 fully saturated rings. The third kappa shape index (κ3) is 7.37. The van der Waals surface area contributed by atoms with Crippen molar-refractivity contribution in [3.05, 3.63) is 23.8 Å². The zero-order chi connectivity index (χ0) is 18.9. The summed E-state index contributed by atoms with van der Waals surface area (Å²) in [7, 11) is 1.62. The topological polar surface area (TPSA) is 66.3 Å². The van der Waals surface area contributed by atoms with Crippen LogP contribution >= 0.6 is 24.0 Å². The van der Waals surface area contributed by atoms with Gasteiger partial charge >= 0.3 is 0 Å². The largest absolute Gasteiger partial charge is 0.493 e. The maximum absolute atomic E-state index is 8.91. The predicted octanol–water partition coefficient (Wildman–Crippen LogP) is 3.13. The van der Waals surface area contributed by atoms with E-state index in [-0.39, 0.29) is 37.2 Å². The van der Waals surface area contributed by atoms with E-state index in [1.807, 2.05) is 18.2 Å². The van der Waals surface area contributed by atoms with Crippen LogP contribution in [0.5, 0.6) is 11.5 Å². The van der Waals surface area contributed by atoms with Crippen LogP contribution in [-0.4, -0.2) is 55.9 Å². The number of aliphatic imine (C=N–C) groups is 1. The maximum Gasteiger partial charge on any atom is 0.194 e. The maximum atomic E-state index is 8.91. The van der Waals surface area contributed by atoms with Crippen LogP contribution in [0, 0.1) is 11.8 Å². The van der Waals surface area contributed by atoms with Crippen LogP contribution in [0.3, 0.4) is 0 Å². The highest BCUT2D eigenvalue weighted by Crippen LogP contribution is 2.28. The molecule has 0 bridgehead atoms. The van der Waals surface area contributed by atoms with Gasteiger partial charge in [0, 0.05) is 19.6 Å². The summed E-state index contributed by atoms with van der Waals surface area (Å²) in [5, 5.41) is 12.3. The van der Waals surface area contributed by atoms with E-state index in [9.17, 15) is 0 Å². The Labute approximate surface area is 180 Å². The number of aliphatic hydroxyl groups excluding tert-OH is 1. The minimum atomic E-state index is -0.0199. The van der Waals surface area contributed by atoms with E-state index in [0.29, 0.717) is 29.9 Å². The standard InChI is InChI=1S/C20H33N3O3.HI/c1-5-21-20(23-13-15(2)10-16(3)14-23)22-12-17-6-7-18(26-9-8-24)19(11-17)25-4;/h6-7,11,15-16,24H,5,8-10,12-14H2,1-4H3,(H,21,22);1H. The molecule has 27 heavy (non-hydrogen) atoms. The number of nitrogens with zero attached hydrogens (tertiary/aromatic N) is 2. The molecule has 1 aromatic rings. The molecule has 0 saturated carbocycles. The van der Waals surface area contributed by atoms with Crippen LogP contribution in [0.4, 0.5) is 0 Å². The summed E-state index contributed by atoms with van der Waals surface area (Å²) >= 11 is 0. The summed E-state index contributed by atoms with van der Waals surface area (Å²) in [6, 6.07) is 5.81. The Bertz CT molecular complexity index is 588. The predicted molar refractivity (Wildman–Crippen MR) is 120 cm³/mol. The molecule has 1 aromatic carbocycles. The van der Waals surface area contributed by atoms with Gasteiger partial charge in [-0.2, -0.15) is 0 Å². The summed E-state index contributed by atoms with van der Waals surface area (Å²) in [4.78, 5) is 7.21. The van der Waals surface area contributed by atoms with Gasteiger partial charge in [-0.3, -0.25) is 0 Å². The number of methoxy groups -OCH3 is 1. The molecule has 0 aromatic heterocycles. The molecule has 1 heterocycles. The van der Waals surface area contributed by atoms with Gasteiger partial charge in [-0.15, -0.1) is 24.0 Å². The van der Waals surface area contributed by atoms with Crippen molar-refractivity contribution >= 4 is 29.9 Å². The van der Waals surface area contributed by atoms with E-state index in [1.165, 1.54) is 6.42 Å². The summed E-state index contributed by atoms with van der Waals surface area (Å²) in [5.74, 6) is 3.65. The quantitative estimate of drug-likeness (QED) is 0.349. The Balaban J connectivity index is 0.00000364. The van der Waals surface area contributed by atoms with Crippen molar-refractivity contribution in [2.24, 2.45) is 16.8 Å². The van der Waals surface area contributed by atoms with Gasteiger partial charge in [0.2, 0.25) is 0 Å². The number of benzene rings is 1. The third-order valence-corrected chi connectivity index (χ3v) is 4.49. The molecule has 1 aliphatic rings.